The predicted molar refractivity (Wildman–Crippen MR) is 61.8 cm³/mol. The van der Waals surface area contributed by atoms with Crippen molar-refractivity contribution in [2.24, 2.45) is 0 Å². The van der Waals surface area contributed by atoms with E-state index in [0.29, 0.717) is 0 Å². The van der Waals surface area contributed by atoms with E-state index in [1.54, 1.807) is 0 Å². The van der Waals surface area contributed by atoms with Gasteiger partial charge in [-0.05, 0) is 40.2 Å². The molecule has 72 valence electrons. The zero-order chi connectivity index (χ0) is 10.4. The summed E-state index contributed by atoms with van der Waals surface area (Å²) < 4.78 is 0. The summed E-state index contributed by atoms with van der Waals surface area (Å²) in [6.45, 7) is 14.3. The third-order valence-electron chi connectivity index (χ3n) is 1.80. The first-order valence-corrected chi connectivity index (χ1v) is 4.59. The molecule has 0 aromatic rings. The van der Waals surface area contributed by atoms with E-state index in [-0.39, 0.29) is 0 Å². The summed E-state index contributed by atoms with van der Waals surface area (Å²) in [5.74, 6) is 0. The lowest BCUT2D eigenvalue weighted by Crippen LogP contribution is -1.77. The van der Waals surface area contributed by atoms with Gasteiger partial charge < -0.3 is 0 Å². The summed E-state index contributed by atoms with van der Waals surface area (Å²) in [5.41, 5.74) is 4.96. The molecule has 0 bridgehead atoms. The second-order valence-corrected chi connectivity index (χ2v) is 3.76. The van der Waals surface area contributed by atoms with Crippen LogP contribution in [-0.4, -0.2) is 0 Å². The van der Waals surface area contributed by atoms with E-state index in [2.05, 4.69) is 52.5 Å². The van der Waals surface area contributed by atoms with Gasteiger partial charge in [-0.15, -0.1) is 0 Å². The molecule has 0 aliphatic heterocycles. The first-order valence-electron chi connectivity index (χ1n) is 4.59. The normalized spacial score (nSPS) is 12.7. The second kappa shape index (κ2) is 5.58. The highest BCUT2D eigenvalue weighted by molar-refractivity contribution is 5.33. The highest BCUT2D eigenvalue weighted by Gasteiger charge is 1.88. The molecule has 0 saturated heterocycles. The van der Waals surface area contributed by atoms with E-state index in [4.69, 9.17) is 0 Å². The van der Waals surface area contributed by atoms with Crippen molar-refractivity contribution in [3.63, 3.8) is 0 Å². The molecule has 0 atom stereocenters. The Morgan fingerprint density at radius 2 is 1.46 bits per heavy atom. The van der Waals surface area contributed by atoms with E-state index < -0.39 is 0 Å². The molecule has 0 rings (SSSR count). The fourth-order valence-corrected chi connectivity index (χ4v) is 0.811. The van der Waals surface area contributed by atoms with Crippen LogP contribution in [-0.2, 0) is 0 Å². The second-order valence-electron chi connectivity index (χ2n) is 3.76. The Hall–Kier alpha value is -1.04. The lowest BCUT2D eigenvalue weighted by Gasteiger charge is -1.98. The van der Waals surface area contributed by atoms with Crippen molar-refractivity contribution in [2.75, 3.05) is 0 Å². The Balaban J connectivity index is 4.54. The Morgan fingerprint density at radius 3 is 1.85 bits per heavy atom. The van der Waals surface area contributed by atoms with Crippen molar-refractivity contribution in [3.05, 3.63) is 47.1 Å². The lowest BCUT2D eigenvalue weighted by molar-refractivity contribution is 1.33. The molecule has 0 saturated carbocycles. The fourth-order valence-electron chi connectivity index (χ4n) is 0.811. The van der Waals surface area contributed by atoms with Gasteiger partial charge in [-0.3, -0.25) is 0 Å². The molecule has 0 radical (unpaired) electrons. The zero-order valence-corrected chi connectivity index (χ0v) is 9.44. The third kappa shape index (κ3) is 6.15. The number of rotatable bonds is 3. The van der Waals surface area contributed by atoms with Crippen LogP contribution in [0, 0.1) is 0 Å². The third-order valence-corrected chi connectivity index (χ3v) is 1.80. The van der Waals surface area contributed by atoms with Crippen LogP contribution in [0.3, 0.4) is 0 Å². The van der Waals surface area contributed by atoms with Crippen molar-refractivity contribution in [3.8, 4) is 0 Å². The lowest BCUT2D eigenvalue weighted by atomic mass is 10.1. The van der Waals surface area contributed by atoms with Crippen molar-refractivity contribution >= 4 is 0 Å². The van der Waals surface area contributed by atoms with Crippen molar-refractivity contribution < 1.29 is 0 Å². The minimum atomic E-state index is 1.13. The SMILES string of the molecule is C=C(C)C(C)=CC(C)=CC=C(C)C. The molecule has 0 N–H and O–H groups in total. The Kier molecular flexibility index (Phi) is 5.13. The fraction of sp³-hybridized carbons (Fsp3) is 0.385. The average molecular weight is 176 g/mol. The van der Waals surface area contributed by atoms with Crippen molar-refractivity contribution in [1.29, 1.82) is 0 Å². The van der Waals surface area contributed by atoms with Gasteiger partial charge in [0.25, 0.3) is 0 Å². The van der Waals surface area contributed by atoms with Crippen LogP contribution in [0.1, 0.15) is 34.6 Å². The van der Waals surface area contributed by atoms with Gasteiger partial charge in [0.2, 0.25) is 0 Å². The van der Waals surface area contributed by atoms with Gasteiger partial charge in [0, 0.05) is 0 Å². The summed E-state index contributed by atoms with van der Waals surface area (Å²) in [5, 5.41) is 0. The van der Waals surface area contributed by atoms with Crippen molar-refractivity contribution in [2.45, 2.75) is 34.6 Å². The first-order chi connectivity index (χ1) is 5.93. The smallest absolute Gasteiger partial charge is 0.0395 e. The van der Waals surface area contributed by atoms with Crippen molar-refractivity contribution in [1.82, 2.24) is 0 Å². The molecule has 0 aromatic heterocycles. The molecule has 0 spiro atoms. The Labute approximate surface area is 82.4 Å². The minimum Gasteiger partial charge on any atom is -0.0958 e. The van der Waals surface area contributed by atoms with E-state index in [9.17, 15) is 0 Å². The maximum Gasteiger partial charge on any atom is -0.0395 e. The minimum absolute atomic E-state index is 1.13. The summed E-state index contributed by atoms with van der Waals surface area (Å²) in [6, 6.07) is 0. The molecule has 0 nitrogen and oxygen atoms in total. The van der Waals surface area contributed by atoms with Crippen LogP contribution in [0.25, 0.3) is 0 Å². The molecule has 13 heavy (non-hydrogen) atoms. The Bertz CT molecular complexity index is 268. The monoisotopic (exact) mass is 176 g/mol. The van der Waals surface area contributed by atoms with Gasteiger partial charge in [-0.2, -0.15) is 0 Å². The topological polar surface area (TPSA) is 0 Å². The highest BCUT2D eigenvalue weighted by atomic mass is 13.9. The van der Waals surface area contributed by atoms with Gasteiger partial charge in [0.05, 0.1) is 0 Å². The number of allylic oxidation sites excluding steroid dienone is 7. The van der Waals surface area contributed by atoms with Crippen LogP contribution in [0.4, 0.5) is 0 Å². The van der Waals surface area contributed by atoms with E-state index in [1.165, 1.54) is 16.7 Å². The summed E-state index contributed by atoms with van der Waals surface area (Å²) in [4.78, 5) is 0. The summed E-state index contributed by atoms with van der Waals surface area (Å²) >= 11 is 0. The Morgan fingerprint density at radius 1 is 0.923 bits per heavy atom. The summed E-state index contributed by atoms with van der Waals surface area (Å²) in [7, 11) is 0. The van der Waals surface area contributed by atoms with E-state index in [1.807, 2.05) is 6.92 Å². The van der Waals surface area contributed by atoms with Crippen LogP contribution >= 0.6 is 0 Å². The van der Waals surface area contributed by atoms with Gasteiger partial charge in [-0.1, -0.05) is 41.5 Å². The summed E-state index contributed by atoms with van der Waals surface area (Å²) in [6.07, 6.45) is 6.40. The van der Waals surface area contributed by atoms with Gasteiger partial charge >= 0.3 is 0 Å². The molecule has 0 aromatic carbocycles. The van der Waals surface area contributed by atoms with Gasteiger partial charge in [0.15, 0.2) is 0 Å². The van der Waals surface area contributed by atoms with Crippen LogP contribution in [0.5, 0.6) is 0 Å². The maximum absolute atomic E-state index is 3.89. The standard InChI is InChI=1S/C13H20/c1-10(2)7-8-12(5)9-13(6)11(3)4/h7-9H,3H2,1-2,4-6H3. The molecule has 0 heteroatoms. The molecule has 0 aliphatic carbocycles. The molecular weight excluding hydrogens is 156 g/mol. The maximum atomic E-state index is 3.89. The van der Waals surface area contributed by atoms with Gasteiger partial charge in [-0.25, -0.2) is 0 Å². The quantitative estimate of drug-likeness (QED) is 0.558. The van der Waals surface area contributed by atoms with Crippen LogP contribution < -0.4 is 0 Å². The number of hydrogen-bond donors (Lipinski definition) is 0. The molecule has 0 amide bonds. The molecular formula is C13H20. The molecule has 0 fully saturated rings. The average Bonchev–Trinajstić information content (AvgIpc) is 2.00. The zero-order valence-electron chi connectivity index (χ0n) is 9.44. The van der Waals surface area contributed by atoms with Crippen LogP contribution in [0.15, 0.2) is 47.1 Å². The predicted octanol–water partition coefficient (Wildman–Crippen LogP) is 4.42. The largest absolute Gasteiger partial charge is 0.0958 e. The van der Waals surface area contributed by atoms with Gasteiger partial charge in [0.1, 0.15) is 0 Å². The van der Waals surface area contributed by atoms with E-state index >= 15 is 0 Å². The number of hydrogen-bond acceptors (Lipinski definition) is 0. The van der Waals surface area contributed by atoms with Crippen LogP contribution in [0.2, 0.25) is 0 Å². The van der Waals surface area contributed by atoms with E-state index in [0.717, 1.165) is 5.57 Å². The highest BCUT2D eigenvalue weighted by Crippen LogP contribution is 2.09. The first kappa shape index (κ1) is 12.0. The molecule has 0 aliphatic rings. The molecule has 0 heterocycles. The molecule has 0 unspecified atom stereocenters.